The molecule has 0 spiro atoms. The Morgan fingerprint density at radius 2 is 2.04 bits per heavy atom. The first-order chi connectivity index (χ1) is 13.0. The summed E-state index contributed by atoms with van der Waals surface area (Å²) < 4.78 is 11.1. The first kappa shape index (κ1) is 18.6. The van der Waals surface area contributed by atoms with Gasteiger partial charge in [0.05, 0.1) is 17.2 Å². The lowest BCUT2D eigenvalue weighted by molar-refractivity contribution is 0.0923. The van der Waals surface area contributed by atoms with E-state index < -0.39 is 6.10 Å². The number of hydrogen-bond donors (Lipinski definition) is 2. The average Bonchev–Trinajstić information content (AvgIpc) is 3.06. The van der Waals surface area contributed by atoms with Crippen molar-refractivity contribution in [2.75, 3.05) is 6.54 Å². The number of amides is 1. The predicted octanol–water partition coefficient (Wildman–Crippen LogP) is 2.73. The van der Waals surface area contributed by atoms with E-state index in [9.17, 15) is 9.90 Å². The molecule has 7 heteroatoms. The summed E-state index contributed by atoms with van der Waals surface area (Å²) in [7, 11) is 0. The Morgan fingerprint density at radius 1 is 1.26 bits per heavy atom. The smallest absolute Gasteiger partial charge is 0.252 e. The number of benzene rings is 1. The molecule has 0 saturated carbocycles. The molecule has 0 bridgehead atoms. The quantitative estimate of drug-likeness (QED) is 0.666. The third-order valence-corrected chi connectivity index (χ3v) is 3.95. The minimum absolute atomic E-state index is 0.187. The summed E-state index contributed by atoms with van der Waals surface area (Å²) in [6.07, 6.45) is 0.834. The molecule has 0 radical (unpaired) electrons. The largest absolute Gasteiger partial charge is 0.473 e. The SMILES string of the molecule is Cc1onc(-c2ccccc2)c1COc1ccc(C(=O)NCC(C)O)cn1. The zero-order valence-corrected chi connectivity index (χ0v) is 15.2. The van der Waals surface area contributed by atoms with E-state index in [2.05, 4.69) is 15.5 Å². The van der Waals surface area contributed by atoms with Crippen molar-refractivity contribution < 1.29 is 19.2 Å². The fraction of sp³-hybridized carbons (Fsp3) is 0.250. The van der Waals surface area contributed by atoms with Gasteiger partial charge >= 0.3 is 0 Å². The van der Waals surface area contributed by atoms with Crippen LogP contribution in [0.3, 0.4) is 0 Å². The highest BCUT2D eigenvalue weighted by Gasteiger charge is 2.15. The van der Waals surface area contributed by atoms with Crippen LogP contribution in [0.2, 0.25) is 0 Å². The first-order valence-corrected chi connectivity index (χ1v) is 8.60. The second-order valence-corrected chi connectivity index (χ2v) is 6.16. The Morgan fingerprint density at radius 3 is 2.70 bits per heavy atom. The van der Waals surface area contributed by atoms with Gasteiger partial charge in [0.1, 0.15) is 18.1 Å². The minimum Gasteiger partial charge on any atom is -0.473 e. The number of aliphatic hydroxyl groups excluding tert-OH is 1. The van der Waals surface area contributed by atoms with Gasteiger partial charge in [0.15, 0.2) is 0 Å². The zero-order chi connectivity index (χ0) is 19.2. The molecule has 3 aromatic rings. The zero-order valence-electron chi connectivity index (χ0n) is 15.2. The van der Waals surface area contributed by atoms with Gasteiger partial charge in [-0.1, -0.05) is 35.5 Å². The number of nitrogens with one attached hydrogen (secondary N) is 1. The molecule has 140 valence electrons. The van der Waals surface area contributed by atoms with Crippen LogP contribution < -0.4 is 10.1 Å². The minimum atomic E-state index is -0.602. The highest BCUT2D eigenvalue weighted by atomic mass is 16.5. The molecule has 0 aliphatic carbocycles. The summed E-state index contributed by atoms with van der Waals surface area (Å²) in [5.74, 6) is 0.779. The molecule has 1 amide bonds. The van der Waals surface area contributed by atoms with E-state index in [1.54, 1.807) is 19.1 Å². The molecule has 0 aliphatic rings. The molecule has 0 aliphatic heterocycles. The number of hydrogen-bond acceptors (Lipinski definition) is 6. The van der Waals surface area contributed by atoms with Crippen molar-refractivity contribution in [1.29, 1.82) is 0 Å². The number of aliphatic hydroxyl groups is 1. The number of aromatic nitrogens is 2. The first-order valence-electron chi connectivity index (χ1n) is 8.60. The van der Waals surface area contributed by atoms with Gasteiger partial charge in [0.25, 0.3) is 5.91 Å². The van der Waals surface area contributed by atoms with E-state index in [4.69, 9.17) is 9.26 Å². The van der Waals surface area contributed by atoms with Gasteiger partial charge in [-0.05, 0) is 19.9 Å². The van der Waals surface area contributed by atoms with E-state index in [1.807, 2.05) is 37.3 Å². The van der Waals surface area contributed by atoms with Crippen LogP contribution in [-0.4, -0.2) is 33.8 Å². The van der Waals surface area contributed by atoms with Crippen molar-refractivity contribution in [2.24, 2.45) is 0 Å². The second kappa shape index (κ2) is 8.46. The van der Waals surface area contributed by atoms with E-state index in [1.165, 1.54) is 6.20 Å². The fourth-order valence-electron chi connectivity index (χ4n) is 2.47. The molecule has 1 unspecified atom stereocenters. The summed E-state index contributed by atoms with van der Waals surface area (Å²) in [5.41, 5.74) is 2.93. The highest BCUT2D eigenvalue weighted by molar-refractivity contribution is 5.93. The van der Waals surface area contributed by atoms with Crippen molar-refractivity contribution in [3.63, 3.8) is 0 Å². The van der Waals surface area contributed by atoms with E-state index in [0.29, 0.717) is 17.2 Å². The maximum atomic E-state index is 11.9. The molecule has 7 nitrogen and oxygen atoms in total. The molecule has 1 atom stereocenters. The van der Waals surface area contributed by atoms with Gasteiger partial charge in [-0.25, -0.2) is 4.98 Å². The van der Waals surface area contributed by atoms with Crippen LogP contribution in [0, 0.1) is 6.92 Å². The summed E-state index contributed by atoms with van der Waals surface area (Å²) in [6, 6.07) is 13.0. The number of nitrogens with zero attached hydrogens (tertiary/aromatic N) is 2. The number of rotatable bonds is 7. The van der Waals surface area contributed by atoms with Crippen molar-refractivity contribution in [2.45, 2.75) is 26.6 Å². The molecule has 2 heterocycles. The van der Waals surface area contributed by atoms with Gasteiger partial charge in [0, 0.05) is 24.4 Å². The van der Waals surface area contributed by atoms with Crippen molar-refractivity contribution >= 4 is 5.91 Å². The van der Waals surface area contributed by atoms with E-state index in [0.717, 1.165) is 16.8 Å². The molecule has 0 saturated heterocycles. The van der Waals surface area contributed by atoms with Crippen LogP contribution >= 0.6 is 0 Å². The highest BCUT2D eigenvalue weighted by Crippen LogP contribution is 2.26. The van der Waals surface area contributed by atoms with Crippen molar-refractivity contribution in [3.05, 3.63) is 65.5 Å². The Bertz CT molecular complexity index is 889. The molecular weight excluding hydrogens is 346 g/mol. The third kappa shape index (κ3) is 4.71. The molecule has 1 aromatic carbocycles. The van der Waals surface area contributed by atoms with E-state index >= 15 is 0 Å². The van der Waals surface area contributed by atoms with Crippen molar-refractivity contribution in [1.82, 2.24) is 15.5 Å². The summed E-state index contributed by atoms with van der Waals surface area (Å²) in [4.78, 5) is 16.1. The molecule has 3 rings (SSSR count). The average molecular weight is 367 g/mol. The van der Waals surface area contributed by atoms with Gasteiger partial charge in [-0.3, -0.25) is 4.79 Å². The second-order valence-electron chi connectivity index (χ2n) is 6.16. The molecular formula is C20H21N3O4. The van der Waals surface area contributed by atoms with Crippen molar-refractivity contribution in [3.8, 4) is 17.1 Å². The van der Waals surface area contributed by atoms with Gasteiger partial charge < -0.3 is 19.7 Å². The topological polar surface area (TPSA) is 97.5 Å². The van der Waals surface area contributed by atoms with E-state index in [-0.39, 0.29) is 19.1 Å². The summed E-state index contributed by atoms with van der Waals surface area (Å²) in [6.45, 7) is 3.87. The lowest BCUT2D eigenvalue weighted by atomic mass is 10.1. The number of carbonyl (C=O) groups is 1. The maximum Gasteiger partial charge on any atom is 0.252 e. The lowest BCUT2D eigenvalue weighted by Crippen LogP contribution is -2.30. The van der Waals surface area contributed by atoms with Crippen LogP contribution in [0.1, 0.15) is 28.6 Å². The normalized spacial score (nSPS) is 11.8. The standard InChI is InChI=1S/C20H21N3O4/c1-13(24)10-22-20(25)16-8-9-18(21-11-16)26-12-17-14(2)27-23-19(17)15-6-4-3-5-7-15/h3-9,11,13,24H,10,12H2,1-2H3,(H,22,25). The van der Waals surface area contributed by atoms with Crippen LogP contribution in [0.4, 0.5) is 0 Å². The third-order valence-electron chi connectivity index (χ3n) is 3.95. The number of carbonyl (C=O) groups excluding carboxylic acids is 1. The predicted molar refractivity (Wildman–Crippen MR) is 99.3 cm³/mol. The Kier molecular flexibility index (Phi) is 5.83. The molecule has 0 fully saturated rings. The fourth-order valence-corrected chi connectivity index (χ4v) is 2.47. The molecule has 27 heavy (non-hydrogen) atoms. The number of pyridine rings is 1. The number of aryl methyl sites for hydroxylation is 1. The number of ether oxygens (including phenoxy) is 1. The Balaban J connectivity index is 1.66. The summed E-state index contributed by atoms with van der Waals surface area (Å²) >= 11 is 0. The Labute approximate surface area is 157 Å². The van der Waals surface area contributed by atoms with Gasteiger partial charge in [-0.15, -0.1) is 0 Å². The van der Waals surface area contributed by atoms with Crippen LogP contribution in [0.15, 0.2) is 53.2 Å². The van der Waals surface area contributed by atoms with Gasteiger partial charge in [0.2, 0.25) is 5.88 Å². The lowest BCUT2D eigenvalue weighted by Gasteiger charge is -2.08. The Hall–Kier alpha value is -3.19. The molecule has 2 N–H and O–H groups in total. The van der Waals surface area contributed by atoms with Crippen LogP contribution in [-0.2, 0) is 6.61 Å². The molecule has 2 aromatic heterocycles. The summed E-state index contributed by atoms with van der Waals surface area (Å²) in [5, 5.41) is 16.0. The maximum absolute atomic E-state index is 11.9. The monoisotopic (exact) mass is 367 g/mol. The van der Waals surface area contributed by atoms with Crippen LogP contribution in [0.25, 0.3) is 11.3 Å². The van der Waals surface area contributed by atoms with Crippen LogP contribution in [0.5, 0.6) is 5.88 Å². The van der Waals surface area contributed by atoms with Gasteiger partial charge in [-0.2, -0.15) is 0 Å².